The monoisotopic (exact) mass is 160 g/mol. The molecule has 0 atom stereocenters. The molecule has 3 N–H and O–H groups in total. The normalized spacial score (nSPS) is 11.2. The molecule has 5 nitrogen and oxygen atoms in total. The van der Waals surface area contributed by atoms with Gasteiger partial charge in [-0.3, -0.25) is 16.0 Å². The minimum atomic E-state index is -0.558. The Morgan fingerprint density at radius 3 is 2.00 bits per heavy atom. The third kappa shape index (κ3) is 2.83. The van der Waals surface area contributed by atoms with Crippen LogP contribution in [0.25, 0.3) is 0 Å². The van der Waals surface area contributed by atoms with Gasteiger partial charge in [0, 0.05) is 0 Å². The van der Waals surface area contributed by atoms with Gasteiger partial charge in [0.05, 0.1) is 0 Å². The highest BCUT2D eigenvalue weighted by Crippen LogP contribution is 1.91. The van der Waals surface area contributed by atoms with Crippen LogP contribution in [0.3, 0.4) is 0 Å². The van der Waals surface area contributed by atoms with Crippen LogP contribution in [0.2, 0.25) is 0 Å². The molecule has 0 unspecified atom stereocenters. The first-order chi connectivity index (χ1) is 5.24. The first-order valence-corrected chi connectivity index (χ1v) is 3.30. The lowest BCUT2D eigenvalue weighted by molar-refractivity contribution is 0.123. The van der Waals surface area contributed by atoms with Gasteiger partial charge < -0.3 is 4.74 Å². The van der Waals surface area contributed by atoms with E-state index < -0.39 is 5.79 Å². The first-order valence-electron chi connectivity index (χ1n) is 3.30. The third-order valence-corrected chi connectivity index (χ3v) is 1.63. The summed E-state index contributed by atoms with van der Waals surface area (Å²) in [7, 11) is 5.25. The van der Waals surface area contributed by atoms with E-state index in [4.69, 9.17) is 0 Å². The van der Waals surface area contributed by atoms with Gasteiger partial charge in [0.15, 0.2) is 5.79 Å². The second-order valence-electron chi connectivity index (χ2n) is 2.03. The van der Waals surface area contributed by atoms with Crippen LogP contribution in [-0.4, -0.2) is 40.0 Å². The second kappa shape index (κ2) is 5.06. The van der Waals surface area contributed by atoms with Crippen molar-refractivity contribution in [1.29, 1.82) is 0 Å². The molecule has 5 heteroatoms. The molecule has 0 rings (SSSR count). The molecule has 0 heterocycles. The van der Waals surface area contributed by atoms with Crippen molar-refractivity contribution in [2.75, 3.05) is 27.7 Å². The van der Waals surface area contributed by atoms with Crippen molar-refractivity contribution >= 4 is 6.47 Å². The van der Waals surface area contributed by atoms with E-state index in [9.17, 15) is 4.79 Å². The minimum absolute atomic E-state index is 0.181. The van der Waals surface area contributed by atoms with Gasteiger partial charge in [0.25, 0.3) is 0 Å². The predicted octanol–water partition coefficient (Wildman–Crippen LogP) is -1.62. The molecule has 0 saturated carbocycles. The van der Waals surface area contributed by atoms with Crippen LogP contribution in [0.5, 0.6) is 0 Å². The molecule has 0 fully saturated rings. The molecule has 0 aliphatic carbocycles. The SMILES string of the molecule is CNC(CO[C]=O)(NC)NC. The Bertz CT molecular complexity index is 106. The summed E-state index contributed by atoms with van der Waals surface area (Å²) >= 11 is 0. The number of hydrogen-bond donors (Lipinski definition) is 3. The Balaban J connectivity index is 3.93. The molecule has 0 aliphatic heterocycles. The van der Waals surface area contributed by atoms with E-state index in [2.05, 4.69) is 20.7 Å². The molecule has 0 bridgehead atoms. The van der Waals surface area contributed by atoms with Crippen molar-refractivity contribution in [2.45, 2.75) is 5.79 Å². The molecule has 0 spiro atoms. The quantitative estimate of drug-likeness (QED) is 0.408. The van der Waals surface area contributed by atoms with E-state index in [1.807, 2.05) is 0 Å². The fourth-order valence-corrected chi connectivity index (χ4v) is 0.729. The smallest absolute Gasteiger partial charge is 0.417 e. The first kappa shape index (κ1) is 10.3. The standard InChI is InChI=1S/C6H14N3O2/c1-7-6(8-2,9-3)4-11-5-10/h7-9H,4H2,1-3H3. The molecule has 0 aromatic heterocycles. The number of nitrogens with one attached hydrogen (secondary N) is 3. The molecular weight excluding hydrogens is 146 g/mol. The number of ether oxygens (including phenoxy) is 1. The van der Waals surface area contributed by atoms with E-state index in [1.54, 1.807) is 21.1 Å². The molecule has 0 aliphatic rings. The van der Waals surface area contributed by atoms with Gasteiger partial charge in [0.1, 0.15) is 6.61 Å². The molecule has 1 radical (unpaired) electrons. The Morgan fingerprint density at radius 2 is 1.73 bits per heavy atom. The summed E-state index contributed by atoms with van der Waals surface area (Å²) in [5, 5.41) is 8.77. The van der Waals surface area contributed by atoms with E-state index in [0.717, 1.165) is 0 Å². The second-order valence-corrected chi connectivity index (χ2v) is 2.03. The maximum atomic E-state index is 9.77. The lowest BCUT2D eigenvalue weighted by Crippen LogP contribution is -2.66. The van der Waals surface area contributed by atoms with Crippen LogP contribution < -0.4 is 16.0 Å². The van der Waals surface area contributed by atoms with Gasteiger partial charge in [0.2, 0.25) is 0 Å². The molecule has 0 aromatic rings. The average molecular weight is 160 g/mol. The van der Waals surface area contributed by atoms with Crippen molar-refractivity contribution < 1.29 is 9.53 Å². The number of carbonyl (C=O) groups excluding carboxylic acids is 1. The predicted molar refractivity (Wildman–Crippen MR) is 41.6 cm³/mol. The Morgan fingerprint density at radius 1 is 1.27 bits per heavy atom. The molecule has 0 saturated heterocycles. The highest BCUT2D eigenvalue weighted by atomic mass is 16.5. The molecule has 11 heavy (non-hydrogen) atoms. The van der Waals surface area contributed by atoms with Crippen molar-refractivity contribution in [2.24, 2.45) is 0 Å². The maximum Gasteiger partial charge on any atom is 0.417 e. The van der Waals surface area contributed by atoms with E-state index in [-0.39, 0.29) is 6.61 Å². The summed E-state index contributed by atoms with van der Waals surface area (Å²) in [6.45, 7) is 1.54. The van der Waals surface area contributed by atoms with Gasteiger partial charge in [-0.25, -0.2) is 4.79 Å². The Hall–Kier alpha value is -0.650. The largest absolute Gasteiger partial charge is 0.452 e. The van der Waals surface area contributed by atoms with Crippen LogP contribution in [0.15, 0.2) is 0 Å². The van der Waals surface area contributed by atoms with Gasteiger partial charge in [-0.1, -0.05) is 0 Å². The highest BCUT2D eigenvalue weighted by Gasteiger charge is 2.23. The van der Waals surface area contributed by atoms with Gasteiger partial charge in [-0.15, -0.1) is 0 Å². The zero-order chi connectivity index (χ0) is 8.74. The van der Waals surface area contributed by atoms with Crippen LogP contribution in [0, 0.1) is 0 Å². The molecule has 65 valence electrons. The van der Waals surface area contributed by atoms with Crippen LogP contribution in [-0.2, 0) is 9.53 Å². The zero-order valence-electron chi connectivity index (χ0n) is 7.02. The lowest BCUT2D eigenvalue weighted by Gasteiger charge is -2.31. The maximum absolute atomic E-state index is 9.77. The summed E-state index contributed by atoms with van der Waals surface area (Å²) in [5.74, 6) is -0.558. The molecule has 0 amide bonds. The summed E-state index contributed by atoms with van der Waals surface area (Å²) in [5.41, 5.74) is 0. The third-order valence-electron chi connectivity index (χ3n) is 1.63. The van der Waals surface area contributed by atoms with E-state index in [0.29, 0.717) is 0 Å². The topological polar surface area (TPSA) is 62.4 Å². The van der Waals surface area contributed by atoms with Crippen LogP contribution in [0.1, 0.15) is 0 Å². The number of hydrogen-bond acceptors (Lipinski definition) is 5. The number of rotatable bonds is 6. The van der Waals surface area contributed by atoms with Crippen LogP contribution in [0.4, 0.5) is 0 Å². The van der Waals surface area contributed by atoms with E-state index in [1.165, 1.54) is 6.47 Å². The minimum Gasteiger partial charge on any atom is -0.452 e. The Kier molecular flexibility index (Phi) is 4.76. The van der Waals surface area contributed by atoms with Crippen LogP contribution >= 0.6 is 0 Å². The van der Waals surface area contributed by atoms with Crippen molar-refractivity contribution in [1.82, 2.24) is 16.0 Å². The average Bonchev–Trinajstić information content (AvgIpc) is 2.08. The fraction of sp³-hybridized carbons (Fsp3) is 0.833. The zero-order valence-corrected chi connectivity index (χ0v) is 7.02. The van der Waals surface area contributed by atoms with Crippen molar-refractivity contribution in [3.63, 3.8) is 0 Å². The van der Waals surface area contributed by atoms with E-state index >= 15 is 0 Å². The summed E-state index contributed by atoms with van der Waals surface area (Å²) in [4.78, 5) is 9.77. The van der Waals surface area contributed by atoms with Crippen molar-refractivity contribution in [3.05, 3.63) is 0 Å². The molecular formula is C6H14N3O2. The van der Waals surface area contributed by atoms with Crippen molar-refractivity contribution in [3.8, 4) is 0 Å². The summed E-state index contributed by atoms with van der Waals surface area (Å²) in [6.07, 6.45) is 0. The molecule has 0 aromatic carbocycles. The van der Waals surface area contributed by atoms with Gasteiger partial charge in [-0.2, -0.15) is 0 Å². The van der Waals surface area contributed by atoms with Gasteiger partial charge in [-0.05, 0) is 21.1 Å². The lowest BCUT2D eigenvalue weighted by atomic mass is 10.3. The number of likely N-dealkylation sites (N-methyl/N-ethyl adjacent to an activating group) is 3. The van der Waals surface area contributed by atoms with Gasteiger partial charge >= 0.3 is 6.47 Å². The summed E-state index contributed by atoms with van der Waals surface area (Å²) in [6, 6.07) is 0. The highest BCUT2D eigenvalue weighted by molar-refractivity contribution is 5.38. The Labute approximate surface area is 66.5 Å². The summed E-state index contributed by atoms with van der Waals surface area (Å²) < 4.78 is 4.48. The fourth-order valence-electron chi connectivity index (χ4n) is 0.729.